The molecule has 194 valence electrons. The minimum Gasteiger partial charge on any atom is -0.497 e. The molecule has 0 saturated carbocycles. The Hall–Kier alpha value is -4.41. The van der Waals surface area contributed by atoms with Crippen molar-refractivity contribution in [3.05, 3.63) is 77.6 Å². The summed E-state index contributed by atoms with van der Waals surface area (Å²) in [6.45, 7) is 2.49. The number of alkyl halides is 3. The maximum Gasteiger partial charge on any atom is 0.490 e. The maximum absolute atomic E-state index is 13.0. The van der Waals surface area contributed by atoms with E-state index in [2.05, 4.69) is 10.4 Å². The van der Waals surface area contributed by atoms with Gasteiger partial charge in [-0.05, 0) is 43.2 Å². The van der Waals surface area contributed by atoms with E-state index in [0.717, 1.165) is 45.6 Å². The number of para-hydroxylation sites is 1. The molecule has 0 atom stereocenters. The summed E-state index contributed by atoms with van der Waals surface area (Å²) in [5.41, 5.74) is 5.11. The smallest absolute Gasteiger partial charge is 0.490 e. The number of carbonyl (C=O) groups is 2. The van der Waals surface area contributed by atoms with Gasteiger partial charge in [-0.3, -0.25) is 9.48 Å². The summed E-state index contributed by atoms with van der Waals surface area (Å²) in [6.07, 6.45) is -2.41. The van der Waals surface area contributed by atoms with Crippen LogP contribution in [0.2, 0.25) is 0 Å². The fourth-order valence-electron chi connectivity index (χ4n) is 3.56. The van der Waals surface area contributed by atoms with E-state index in [1.807, 2.05) is 74.8 Å². The van der Waals surface area contributed by atoms with Crippen LogP contribution in [0.1, 0.15) is 21.6 Å². The van der Waals surface area contributed by atoms with Crippen molar-refractivity contribution in [1.29, 1.82) is 0 Å². The number of hydrogen-bond acceptors (Lipinski definition) is 5. The van der Waals surface area contributed by atoms with Gasteiger partial charge in [-0.1, -0.05) is 30.3 Å². The number of carboxylic acids is 1. The molecule has 0 spiro atoms. The molecule has 11 heteroatoms. The molecule has 1 amide bonds. The third-order valence-electron chi connectivity index (χ3n) is 5.35. The first-order valence-corrected chi connectivity index (χ1v) is 11.1. The quantitative estimate of drug-likeness (QED) is 0.391. The number of aliphatic carboxylic acids is 1. The number of aromatic nitrogens is 3. The van der Waals surface area contributed by atoms with Gasteiger partial charge < -0.3 is 15.2 Å². The van der Waals surface area contributed by atoms with Gasteiger partial charge in [0.25, 0.3) is 5.91 Å². The van der Waals surface area contributed by atoms with Gasteiger partial charge >= 0.3 is 12.1 Å². The number of carbonyl (C=O) groups excluding carboxylic acids is 1. The standard InChI is InChI=1S/C24H24N4O2.C2HF3O2/c1-16-21(15-28(2)27-16)23-14-20(19-6-4-5-7-22(19)26-23)24(29)25-13-12-17-8-10-18(30-3)11-9-17;3-2(4,5)1(6)7/h4-11,14-15H,12-13H2,1-3H3,(H,25,29);(H,6,7). The molecule has 2 aromatic heterocycles. The highest BCUT2D eigenvalue weighted by atomic mass is 19.4. The number of amides is 1. The van der Waals surface area contributed by atoms with Gasteiger partial charge in [0.05, 0.1) is 29.6 Å². The molecule has 0 aliphatic carbocycles. The van der Waals surface area contributed by atoms with Crippen LogP contribution < -0.4 is 10.1 Å². The Morgan fingerprint density at radius 3 is 2.32 bits per heavy atom. The first-order valence-electron chi connectivity index (χ1n) is 11.1. The van der Waals surface area contributed by atoms with Gasteiger partial charge in [0.2, 0.25) is 0 Å². The topological polar surface area (TPSA) is 106 Å². The van der Waals surface area contributed by atoms with Gasteiger partial charge in [0.1, 0.15) is 5.75 Å². The number of ether oxygens (including phenoxy) is 1. The fraction of sp³-hybridized carbons (Fsp3) is 0.231. The maximum atomic E-state index is 13.0. The summed E-state index contributed by atoms with van der Waals surface area (Å²) in [7, 11) is 3.53. The number of halogens is 3. The molecule has 0 bridgehead atoms. The lowest BCUT2D eigenvalue weighted by atomic mass is 10.0. The minimum atomic E-state index is -5.08. The van der Waals surface area contributed by atoms with E-state index in [1.165, 1.54) is 0 Å². The molecule has 37 heavy (non-hydrogen) atoms. The Morgan fingerprint density at radius 1 is 1.11 bits per heavy atom. The average molecular weight is 515 g/mol. The molecule has 4 rings (SSSR count). The lowest BCUT2D eigenvalue weighted by Crippen LogP contribution is -2.26. The second-order valence-electron chi connectivity index (χ2n) is 8.03. The van der Waals surface area contributed by atoms with Crippen molar-refractivity contribution in [3.63, 3.8) is 0 Å². The molecule has 8 nitrogen and oxygen atoms in total. The largest absolute Gasteiger partial charge is 0.497 e. The van der Waals surface area contributed by atoms with E-state index < -0.39 is 12.1 Å². The van der Waals surface area contributed by atoms with Crippen molar-refractivity contribution < 1.29 is 32.6 Å². The molecule has 2 heterocycles. The SMILES string of the molecule is COc1ccc(CCNC(=O)c2cc(-c3cn(C)nc3C)nc3ccccc23)cc1.O=C(O)C(F)(F)F. The van der Waals surface area contributed by atoms with Crippen molar-refractivity contribution >= 4 is 22.8 Å². The van der Waals surface area contributed by atoms with Crippen LogP contribution in [0.15, 0.2) is 60.8 Å². The van der Waals surface area contributed by atoms with Gasteiger partial charge in [-0.25, -0.2) is 9.78 Å². The monoisotopic (exact) mass is 514 g/mol. The van der Waals surface area contributed by atoms with E-state index in [4.69, 9.17) is 19.6 Å². The molecular formula is C26H25F3N4O4. The summed E-state index contributed by atoms with van der Waals surface area (Å²) in [4.78, 5) is 26.7. The molecule has 2 N–H and O–H groups in total. The zero-order chi connectivity index (χ0) is 27.2. The molecular weight excluding hydrogens is 489 g/mol. The molecule has 0 radical (unpaired) electrons. The van der Waals surface area contributed by atoms with E-state index in [9.17, 15) is 18.0 Å². The second kappa shape index (κ2) is 11.5. The lowest BCUT2D eigenvalue weighted by molar-refractivity contribution is -0.192. The Bertz CT molecular complexity index is 1400. The summed E-state index contributed by atoms with van der Waals surface area (Å²) in [6, 6.07) is 17.4. The summed E-state index contributed by atoms with van der Waals surface area (Å²) < 4.78 is 38.7. The predicted molar refractivity (Wildman–Crippen MR) is 131 cm³/mol. The number of nitrogens with zero attached hydrogens (tertiary/aromatic N) is 3. The summed E-state index contributed by atoms with van der Waals surface area (Å²) in [5.74, 6) is -2.04. The molecule has 0 aliphatic rings. The highest BCUT2D eigenvalue weighted by Gasteiger charge is 2.38. The number of benzene rings is 2. The highest BCUT2D eigenvalue weighted by molar-refractivity contribution is 6.07. The number of methoxy groups -OCH3 is 1. The van der Waals surface area contributed by atoms with E-state index in [-0.39, 0.29) is 5.91 Å². The van der Waals surface area contributed by atoms with Gasteiger partial charge in [0, 0.05) is 30.7 Å². The van der Waals surface area contributed by atoms with Gasteiger partial charge in [-0.15, -0.1) is 0 Å². The zero-order valence-corrected chi connectivity index (χ0v) is 20.3. The van der Waals surface area contributed by atoms with Crippen molar-refractivity contribution in [1.82, 2.24) is 20.1 Å². The predicted octanol–water partition coefficient (Wildman–Crippen LogP) is 4.56. The molecule has 0 aliphatic heterocycles. The Morgan fingerprint density at radius 2 is 1.76 bits per heavy atom. The first-order chi connectivity index (χ1) is 17.5. The molecule has 0 fully saturated rings. The van der Waals surface area contributed by atoms with E-state index >= 15 is 0 Å². The Balaban J connectivity index is 0.000000479. The minimum absolute atomic E-state index is 0.107. The number of hydrogen-bond donors (Lipinski definition) is 2. The molecule has 0 saturated heterocycles. The molecule has 0 unspecified atom stereocenters. The van der Waals surface area contributed by atoms with Crippen molar-refractivity contribution in [3.8, 4) is 17.0 Å². The number of aryl methyl sites for hydroxylation is 2. The van der Waals surface area contributed by atoms with Crippen LogP contribution in [-0.2, 0) is 18.3 Å². The number of nitrogens with one attached hydrogen (secondary N) is 1. The fourth-order valence-corrected chi connectivity index (χ4v) is 3.56. The van der Waals surface area contributed by atoms with Crippen LogP contribution in [-0.4, -0.2) is 51.6 Å². The zero-order valence-electron chi connectivity index (χ0n) is 20.3. The van der Waals surface area contributed by atoms with Crippen molar-refractivity contribution in [2.45, 2.75) is 19.5 Å². The lowest BCUT2D eigenvalue weighted by Gasteiger charge is -2.10. The van der Waals surface area contributed by atoms with Crippen LogP contribution in [0.25, 0.3) is 22.2 Å². The third-order valence-corrected chi connectivity index (χ3v) is 5.35. The summed E-state index contributed by atoms with van der Waals surface area (Å²) in [5, 5.41) is 15.4. The van der Waals surface area contributed by atoms with Crippen LogP contribution >= 0.6 is 0 Å². The average Bonchev–Trinajstić information content (AvgIpc) is 3.21. The second-order valence-corrected chi connectivity index (χ2v) is 8.03. The Labute approximate surface area is 210 Å². The normalized spacial score (nSPS) is 11.0. The number of pyridine rings is 1. The number of carboxylic acid groups (broad SMARTS) is 1. The number of rotatable bonds is 6. The van der Waals surface area contributed by atoms with Crippen LogP contribution in [0, 0.1) is 6.92 Å². The van der Waals surface area contributed by atoms with Gasteiger partial charge in [-0.2, -0.15) is 18.3 Å². The van der Waals surface area contributed by atoms with Crippen LogP contribution in [0.4, 0.5) is 13.2 Å². The van der Waals surface area contributed by atoms with Crippen LogP contribution in [0.5, 0.6) is 5.75 Å². The van der Waals surface area contributed by atoms with E-state index in [0.29, 0.717) is 12.1 Å². The molecule has 2 aromatic carbocycles. The van der Waals surface area contributed by atoms with Crippen LogP contribution in [0.3, 0.4) is 0 Å². The van der Waals surface area contributed by atoms with E-state index in [1.54, 1.807) is 11.8 Å². The Kier molecular flexibility index (Phi) is 8.49. The highest BCUT2D eigenvalue weighted by Crippen LogP contribution is 2.26. The van der Waals surface area contributed by atoms with Gasteiger partial charge in [0.15, 0.2) is 0 Å². The first kappa shape index (κ1) is 27.2. The van der Waals surface area contributed by atoms with Crippen molar-refractivity contribution in [2.75, 3.05) is 13.7 Å². The summed E-state index contributed by atoms with van der Waals surface area (Å²) >= 11 is 0. The van der Waals surface area contributed by atoms with Crippen molar-refractivity contribution in [2.24, 2.45) is 7.05 Å². The third kappa shape index (κ3) is 7.06. The number of fused-ring (bicyclic) bond motifs is 1. The molecule has 4 aromatic rings.